The fraction of sp³-hybridized carbons (Fsp3) is 0.526. The molecule has 0 bridgehead atoms. The molecule has 1 aromatic carbocycles. The molecule has 1 saturated heterocycles. The third-order valence-corrected chi connectivity index (χ3v) is 4.94. The Morgan fingerprint density at radius 3 is 2.63 bits per heavy atom. The van der Waals surface area contributed by atoms with Crippen LogP contribution in [0.25, 0.3) is 0 Å². The second kappa shape index (κ2) is 8.28. The lowest BCUT2D eigenvalue weighted by Gasteiger charge is -2.31. The number of ether oxygens (including phenoxy) is 2. The van der Waals surface area contributed by atoms with E-state index in [-0.39, 0.29) is 31.0 Å². The van der Waals surface area contributed by atoms with Gasteiger partial charge in [-0.05, 0) is 31.4 Å². The van der Waals surface area contributed by atoms with Gasteiger partial charge in [0.15, 0.2) is 11.5 Å². The molecule has 0 spiro atoms. The van der Waals surface area contributed by atoms with Gasteiger partial charge in [-0.15, -0.1) is 0 Å². The summed E-state index contributed by atoms with van der Waals surface area (Å²) in [5.74, 6) is -0.253. The lowest BCUT2D eigenvalue weighted by molar-refractivity contribution is -0.145. The fourth-order valence-corrected chi connectivity index (χ4v) is 3.60. The van der Waals surface area contributed by atoms with Crippen LogP contribution in [0.5, 0.6) is 11.5 Å². The number of para-hydroxylation sites is 2. The molecule has 0 radical (unpaired) electrons. The van der Waals surface area contributed by atoms with E-state index in [0.29, 0.717) is 43.9 Å². The minimum atomic E-state index is -1.03. The topological polar surface area (TPSA) is 96.4 Å². The molecular formula is C19H24N2O6. The van der Waals surface area contributed by atoms with Gasteiger partial charge in [-0.3, -0.25) is 14.4 Å². The Labute approximate surface area is 157 Å². The Bertz CT molecular complexity index is 722. The zero-order valence-corrected chi connectivity index (χ0v) is 15.3. The van der Waals surface area contributed by atoms with Crippen LogP contribution in [0.2, 0.25) is 0 Å². The van der Waals surface area contributed by atoms with Crippen molar-refractivity contribution in [1.29, 1.82) is 0 Å². The quantitative estimate of drug-likeness (QED) is 0.847. The molecule has 8 heteroatoms. The Morgan fingerprint density at radius 2 is 1.93 bits per heavy atom. The summed E-state index contributed by atoms with van der Waals surface area (Å²) >= 11 is 0. The number of carbonyl (C=O) groups excluding carboxylic acids is 2. The van der Waals surface area contributed by atoms with Crippen LogP contribution in [0.1, 0.15) is 26.2 Å². The molecule has 2 unspecified atom stereocenters. The van der Waals surface area contributed by atoms with E-state index in [9.17, 15) is 14.4 Å². The number of nitrogens with zero attached hydrogens (tertiary/aromatic N) is 2. The smallest absolute Gasteiger partial charge is 0.323 e. The molecule has 1 aromatic rings. The van der Waals surface area contributed by atoms with Crippen LogP contribution < -0.4 is 9.47 Å². The molecule has 2 heterocycles. The molecule has 0 saturated carbocycles. The Balaban J connectivity index is 1.61. The molecule has 1 fully saturated rings. The van der Waals surface area contributed by atoms with Crippen molar-refractivity contribution in [3.05, 3.63) is 24.3 Å². The first-order valence-corrected chi connectivity index (χ1v) is 9.12. The summed E-state index contributed by atoms with van der Waals surface area (Å²) in [4.78, 5) is 38.8. The highest BCUT2D eigenvalue weighted by Gasteiger charge is 2.33. The Kier molecular flexibility index (Phi) is 5.83. The second-order valence-corrected chi connectivity index (χ2v) is 6.81. The largest absolute Gasteiger partial charge is 0.485 e. The third-order valence-electron chi connectivity index (χ3n) is 4.94. The third kappa shape index (κ3) is 4.50. The summed E-state index contributed by atoms with van der Waals surface area (Å²) in [7, 11) is 0. The van der Waals surface area contributed by atoms with Crippen LogP contribution in [0.15, 0.2) is 24.3 Å². The number of hydrogen-bond acceptors (Lipinski definition) is 5. The van der Waals surface area contributed by atoms with Crippen molar-refractivity contribution in [3.8, 4) is 11.5 Å². The lowest BCUT2D eigenvalue weighted by Crippen LogP contribution is -2.47. The van der Waals surface area contributed by atoms with Crippen molar-refractivity contribution in [3.63, 3.8) is 0 Å². The van der Waals surface area contributed by atoms with Crippen molar-refractivity contribution >= 4 is 17.8 Å². The standard InChI is InChI=1S/C19H24N2O6/c1-13(22)21(11-18(23)24)14-5-4-9-20(10-8-14)19(25)17-12-26-15-6-2-3-7-16(15)27-17/h2-3,6-7,14,17H,4-5,8-12H2,1H3,(H,23,24). The van der Waals surface area contributed by atoms with Crippen molar-refractivity contribution in [2.45, 2.75) is 38.3 Å². The molecule has 0 aliphatic carbocycles. The summed E-state index contributed by atoms with van der Waals surface area (Å²) in [6, 6.07) is 7.05. The van der Waals surface area contributed by atoms with E-state index in [1.165, 1.54) is 11.8 Å². The monoisotopic (exact) mass is 376 g/mol. The molecule has 0 aromatic heterocycles. The summed E-state index contributed by atoms with van der Waals surface area (Å²) in [5.41, 5.74) is 0. The fourth-order valence-electron chi connectivity index (χ4n) is 3.60. The van der Waals surface area contributed by atoms with Gasteiger partial charge in [0, 0.05) is 26.1 Å². The van der Waals surface area contributed by atoms with Crippen molar-refractivity contribution < 1.29 is 29.0 Å². The lowest BCUT2D eigenvalue weighted by atomic mass is 10.1. The summed E-state index contributed by atoms with van der Waals surface area (Å²) < 4.78 is 11.4. The van der Waals surface area contributed by atoms with Crippen LogP contribution in [-0.4, -0.2) is 71.1 Å². The average molecular weight is 376 g/mol. The van der Waals surface area contributed by atoms with E-state index in [1.54, 1.807) is 17.0 Å². The van der Waals surface area contributed by atoms with Gasteiger partial charge in [0.25, 0.3) is 5.91 Å². The van der Waals surface area contributed by atoms with Gasteiger partial charge in [-0.25, -0.2) is 0 Å². The number of fused-ring (bicyclic) bond motifs is 1. The van der Waals surface area contributed by atoms with E-state index in [4.69, 9.17) is 14.6 Å². The van der Waals surface area contributed by atoms with Gasteiger partial charge in [0.05, 0.1) is 0 Å². The molecule has 2 atom stereocenters. The maximum Gasteiger partial charge on any atom is 0.323 e. The molecule has 27 heavy (non-hydrogen) atoms. The minimum absolute atomic E-state index is 0.141. The number of benzene rings is 1. The zero-order valence-electron chi connectivity index (χ0n) is 15.3. The number of rotatable bonds is 4. The van der Waals surface area contributed by atoms with Gasteiger partial charge in [0.2, 0.25) is 12.0 Å². The van der Waals surface area contributed by atoms with Crippen LogP contribution in [0.3, 0.4) is 0 Å². The number of amides is 2. The Morgan fingerprint density at radius 1 is 1.19 bits per heavy atom. The average Bonchev–Trinajstić information content (AvgIpc) is 2.91. The van der Waals surface area contributed by atoms with Crippen LogP contribution in [0.4, 0.5) is 0 Å². The maximum absolute atomic E-state index is 12.9. The SMILES string of the molecule is CC(=O)N(CC(=O)O)C1CCCN(C(=O)C2COc3ccccc3O2)CC1. The molecule has 2 amide bonds. The normalized spacial score (nSPS) is 21.9. The zero-order chi connectivity index (χ0) is 19.4. The first-order chi connectivity index (χ1) is 13.0. The number of carboxylic acids is 1. The van der Waals surface area contributed by atoms with Gasteiger partial charge < -0.3 is 24.4 Å². The summed E-state index contributed by atoms with van der Waals surface area (Å²) in [5, 5.41) is 9.04. The maximum atomic E-state index is 12.9. The van der Waals surface area contributed by atoms with Crippen LogP contribution in [0, 0.1) is 0 Å². The summed E-state index contributed by atoms with van der Waals surface area (Å²) in [6.45, 7) is 2.23. The minimum Gasteiger partial charge on any atom is -0.485 e. The molecule has 8 nitrogen and oxygen atoms in total. The van der Waals surface area contributed by atoms with Crippen LogP contribution in [-0.2, 0) is 14.4 Å². The highest BCUT2D eigenvalue weighted by Crippen LogP contribution is 2.31. The van der Waals surface area contributed by atoms with E-state index in [0.717, 1.165) is 0 Å². The molecule has 2 aliphatic rings. The molecule has 3 rings (SSSR count). The van der Waals surface area contributed by atoms with E-state index >= 15 is 0 Å². The van der Waals surface area contributed by atoms with E-state index in [1.807, 2.05) is 12.1 Å². The predicted octanol–water partition coefficient (Wildman–Crippen LogP) is 1.14. The number of likely N-dealkylation sites (tertiary alicyclic amines) is 1. The van der Waals surface area contributed by atoms with Gasteiger partial charge >= 0.3 is 5.97 Å². The van der Waals surface area contributed by atoms with E-state index < -0.39 is 12.1 Å². The highest BCUT2D eigenvalue weighted by atomic mass is 16.6. The predicted molar refractivity (Wildman–Crippen MR) is 95.6 cm³/mol. The van der Waals surface area contributed by atoms with Crippen molar-refractivity contribution in [2.75, 3.05) is 26.2 Å². The molecular weight excluding hydrogens is 352 g/mol. The first kappa shape index (κ1) is 19.0. The number of hydrogen-bond donors (Lipinski definition) is 1. The molecule has 146 valence electrons. The first-order valence-electron chi connectivity index (χ1n) is 9.12. The number of carbonyl (C=O) groups is 3. The van der Waals surface area contributed by atoms with Crippen molar-refractivity contribution in [1.82, 2.24) is 9.80 Å². The summed E-state index contributed by atoms with van der Waals surface area (Å²) in [6.07, 6.45) is 1.22. The number of aliphatic carboxylic acids is 1. The highest BCUT2D eigenvalue weighted by molar-refractivity contribution is 5.82. The van der Waals surface area contributed by atoms with Crippen LogP contribution >= 0.6 is 0 Å². The molecule has 1 N–H and O–H groups in total. The van der Waals surface area contributed by atoms with Crippen molar-refractivity contribution in [2.24, 2.45) is 0 Å². The van der Waals surface area contributed by atoms with E-state index in [2.05, 4.69) is 0 Å². The molecule has 2 aliphatic heterocycles. The van der Waals surface area contributed by atoms with Gasteiger partial charge in [-0.1, -0.05) is 12.1 Å². The second-order valence-electron chi connectivity index (χ2n) is 6.81. The van der Waals surface area contributed by atoms with Gasteiger partial charge in [-0.2, -0.15) is 0 Å². The Hall–Kier alpha value is -2.77. The van der Waals surface area contributed by atoms with Gasteiger partial charge in [0.1, 0.15) is 13.2 Å². The number of carboxylic acid groups (broad SMARTS) is 1.